The van der Waals surface area contributed by atoms with Crippen LogP contribution < -0.4 is 0 Å². The standard InChI is InChI=1S/C13H11NO/c1-14-7-6-11-12(8-14)9-4-2-3-5-10(9)13(11)15/h2-7H,8H2,1H3. The van der Waals surface area contributed by atoms with Crippen molar-refractivity contribution >= 4 is 11.4 Å². The number of hydrogen-bond donors (Lipinski definition) is 0. The van der Waals surface area contributed by atoms with Gasteiger partial charge in [0.25, 0.3) is 0 Å². The normalized spacial score (nSPS) is 18.2. The molecular formula is C13H11NO. The van der Waals surface area contributed by atoms with E-state index in [1.807, 2.05) is 43.6 Å². The zero-order valence-corrected chi connectivity index (χ0v) is 8.53. The number of rotatable bonds is 0. The van der Waals surface area contributed by atoms with Crippen molar-refractivity contribution in [1.82, 2.24) is 4.90 Å². The van der Waals surface area contributed by atoms with Crippen LogP contribution in [0.1, 0.15) is 15.9 Å². The lowest BCUT2D eigenvalue weighted by atomic mass is 10.0. The summed E-state index contributed by atoms with van der Waals surface area (Å²) in [5, 5.41) is 0. The van der Waals surface area contributed by atoms with E-state index in [1.165, 1.54) is 5.57 Å². The fourth-order valence-electron chi connectivity index (χ4n) is 2.22. The van der Waals surface area contributed by atoms with Crippen LogP contribution in [0.2, 0.25) is 0 Å². The average Bonchev–Trinajstić information content (AvgIpc) is 2.54. The van der Waals surface area contributed by atoms with Crippen molar-refractivity contribution in [1.29, 1.82) is 0 Å². The van der Waals surface area contributed by atoms with Gasteiger partial charge in [-0.2, -0.15) is 0 Å². The number of Topliss-reactive ketones (excluding diaryl/α,β-unsaturated/α-hetero) is 1. The summed E-state index contributed by atoms with van der Waals surface area (Å²) >= 11 is 0. The van der Waals surface area contributed by atoms with E-state index in [4.69, 9.17) is 0 Å². The minimum Gasteiger partial charge on any atom is -0.376 e. The molecule has 1 aliphatic carbocycles. The highest BCUT2D eigenvalue weighted by molar-refractivity contribution is 6.22. The van der Waals surface area contributed by atoms with Crippen LogP contribution in [0, 0.1) is 0 Å². The minimum absolute atomic E-state index is 0.171. The van der Waals surface area contributed by atoms with E-state index in [2.05, 4.69) is 4.90 Å². The SMILES string of the molecule is CN1C=CC2=C(C1)c1ccccc1C2=O. The molecule has 2 heteroatoms. The first-order valence-corrected chi connectivity index (χ1v) is 5.03. The highest BCUT2D eigenvalue weighted by atomic mass is 16.1. The molecule has 2 aliphatic rings. The number of likely N-dealkylation sites (N-methyl/N-ethyl adjacent to an activating group) is 1. The van der Waals surface area contributed by atoms with Crippen LogP contribution in [0.3, 0.4) is 0 Å². The maximum atomic E-state index is 12.0. The third kappa shape index (κ3) is 1.08. The highest BCUT2D eigenvalue weighted by Gasteiger charge is 2.29. The number of benzene rings is 1. The van der Waals surface area contributed by atoms with Crippen LogP contribution in [0.4, 0.5) is 0 Å². The molecule has 0 saturated heterocycles. The van der Waals surface area contributed by atoms with Gasteiger partial charge in [0.1, 0.15) is 0 Å². The molecule has 0 atom stereocenters. The zero-order chi connectivity index (χ0) is 10.4. The number of fused-ring (bicyclic) bond motifs is 2. The molecule has 2 nitrogen and oxygen atoms in total. The summed E-state index contributed by atoms with van der Waals surface area (Å²) in [4.78, 5) is 14.1. The third-order valence-corrected chi connectivity index (χ3v) is 2.97. The van der Waals surface area contributed by atoms with E-state index in [9.17, 15) is 4.79 Å². The number of carbonyl (C=O) groups excluding carboxylic acids is 1. The number of ketones is 1. The Kier molecular flexibility index (Phi) is 1.60. The van der Waals surface area contributed by atoms with Gasteiger partial charge in [-0.25, -0.2) is 0 Å². The van der Waals surface area contributed by atoms with E-state index in [0.717, 1.165) is 23.2 Å². The van der Waals surface area contributed by atoms with Crippen molar-refractivity contribution in [2.24, 2.45) is 0 Å². The van der Waals surface area contributed by atoms with Gasteiger partial charge in [0, 0.05) is 24.7 Å². The van der Waals surface area contributed by atoms with Gasteiger partial charge in [-0.3, -0.25) is 4.79 Å². The van der Waals surface area contributed by atoms with Gasteiger partial charge in [0.15, 0.2) is 5.78 Å². The van der Waals surface area contributed by atoms with Crippen molar-refractivity contribution in [3.63, 3.8) is 0 Å². The van der Waals surface area contributed by atoms with Crippen molar-refractivity contribution in [2.75, 3.05) is 13.6 Å². The Labute approximate surface area is 88.5 Å². The Morgan fingerprint density at radius 3 is 2.73 bits per heavy atom. The largest absolute Gasteiger partial charge is 0.376 e. The predicted molar refractivity (Wildman–Crippen MR) is 59.5 cm³/mol. The molecule has 0 amide bonds. The molecule has 74 valence electrons. The van der Waals surface area contributed by atoms with Crippen LogP contribution in [0.15, 0.2) is 42.1 Å². The van der Waals surface area contributed by atoms with Crippen LogP contribution in [-0.4, -0.2) is 24.3 Å². The second-order valence-electron chi connectivity index (χ2n) is 4.00. The molecule has 0 bridgehead atoms. The van der Waals surface area contributed by atoms with E-state index < -0.39 is 0 Å². The zero-order valence-electron chi connectivity index (χ0n) is 8.53. The second kappa shape index (κ2) is 2.83. The lowest BCUT2D eigenvalue weighted by Gasteiger charge is -2.19. The maximum Gasteiger partial charge on any atom is 0.194 e. The maximum absolute atomic E-state index is 12.0. The van der Waals surface area contributed by atoms with Gasteiger partial charge >= 0.3 is 0 Å². The smallest absolute Gasteiger partial charge is 0.194 e. The molecular weight excluding hydrogens is 186 g/mol. The van der Waals surface area contributed by atoms with E-state index in [-0.39, 0.29) is 5.78 Å². The third-order valence-electron chi connectivity index (χ3n) is 2.97. The van der Waals surface area contributed by atoms with Crippen molar-refractivity contribution < 1.29 is 4.79 Å². The fourth-order valence-corrected chi connectivity index (χ4v) is 2.22. The minimum atomic E-state index is 0.171. The molecule has 1 aliphatic heterocycles. The molecule has 0 N–H and O–H groups in total. The molecule has 1 aromatic carbocycles. The fraction of sp³-hybridized carbons (Fsp3) is 0.154. The number of allylic oxidation sites excluding steroid dienone is 2. The first-order valence-electron chi connectivity index (χ1n) is 5.03. The highest BCUT2D eigenvalue weighted by Crippen LogP contribution is 2.35. The van der Waals surface area contributed by atoms with Crippen LogP contribution in [0.25, 0.3) is 5.57 Å². The summed E-state index contributed by atoms with van der Waals surface area (Å²) < 4.78 is 0. The number of nitrogens with zero attached hydrogens (tertiary/aromatic N) is 1. The Bertz CT molecular complexity index is 511. The van der Waals surface area contributed by atoms with Gasteiger partial charge in [0.05, 0.1) is 0 Å². The van der Waals surface area contributed by atoms with Crippen LogP contribution >= 0.6 is 0 Å². The predicted octanol–water partition coefficient (Wildman–Crippen LogP) is 2.10. The molecule has 0 unspecified atom stereocenters. The Morgan fingerprint density at radius 1 is 1.20 bits per heavy atom. The Hall–Kier alpha value is -1.83. The number of hydrogen-bond acceptors (Lipinski definition) is 2. The van der Waals surface area contributed by atoms with E-state index in [1.54, 1.807) is 0 Å². The van der Waals surface area contributed by atoms with Crippen molar-refractivity contribution in [2.45, 2.75) is 0 Å². The van der Waals surface area contributed by atoms with Gasteiger partial charge in [0.2, 0.25) is 0 Å². The molecule has 0 fully saturated rings. The molecule has 15 heavy (non-hydrogen) atoms. The molecule has 0 radical (unpaired) electrons. The van der Waals surface area contributed by atoms with Gasteiger partial charge < -0.3 is 4.90 Å². The molecule has 1 heterocycles. The lowest BCUT2D eigenvalue weighted by Crippen LogP contribution is -2.17. The van der Waals surface area contributed by atoms with Crippen LogP contribution in [-0.2, 0) is 0 Å². The average molecular weight is 197 g/mol. The quantitative estimate of drug-likeness (QED) is 0.634. The van der Waals surface area contributed by atoms with Gasteiger partial charge in [-0.15, -0.1) is 0 Å². The molecule has 1 aromatic rings. The second-order valence-corrected chi connectivity index (χ2v) is 4.00. The summed E-state index contributed by atoms with van der Waals surface area (Å²) in [5.74, 6) is 0.171. The molecule has 0 spiro atoms. The van der Waals surface area contributed by atoms with E-state index >= 15 is 0 Å². The monoisotopic (exact) mass is 197 g/mol. The summed E-state index contributed by atoms with van der Waals surface area (Å²) in [7, 11) is 2.02. The van der Waals surface area contributed by atoms with Crippen molar-refractivity contribution in [3.8, 4) is 0 Å². The van der Waals surface area contributed by atoms with Gasteiger partial charge in [-0.05, 0) is 23.4 Å². The Balaban J connectivity index is 2.22. The summed E-state index contributed by atoms with van der Waals surface area (Å²) in [6.45, 7) is 0.828. The van der Waals surface area contributed by atoms with Crippen LogP contribution in [0.5, 0.6) is 0 Å². The summed E-state index contributed by atoms with van der Waals surface area (Å²) in [6.07, 6.45) is 3.88. The number of carbonyl (C=O) groups is 1. The van der Waals surface area contributed by atoms with Gasteiger partial charge in [-0.1, -0.05) is 24.3 Å². The first-order chi connectivity index (χ1) is 7.27. The molecule has 3 rings (SSSR count). The lowest BCUT2D eigenvalue weighted by molar-refractivity contribution is 0.104. The summed E-state index contributed by atoms with van der Waals surface area (Å²) in [5.41, 5.74) is 3.99. The summed E-state index contributed by atoms with van der Waals surface area (Å²) in [6, 6.07) is 7.84. The molecule has 0 aromatic heterocycles. The Morgan fingerprint density at radius 2 is 1.93 bits per heavy atom. The van der Waals surface area contributed by atoms with E-state index in [0.29, 0.717) is 0 Å². The topological polar surface area (TPSA) is 20.3 Å². The molecule has 0 saturated carbocycles. The first kappa shape index (κ1) is 8.48. The van der Waals surface area contributed by atoms with Crippen molar-refractivity contribution in [3.05, 3.63) is 53.2 Å².